The number of anilines is 1. The summed E-state index contributed by atoms with van der Waals surface area (Å²) in [7, 11) is -4.95. The molecule has 2 saturated heterocycles. The lowest BCUT2D eigenvalue weighted by molar-refractivity contribution is -0.0743. The second-order valence-corrected chi connectivity index (χ2v) is 11.1. The number of aromatic nitrogens is 8. The molecule has 4 unspecified atom stereocenters. The third kappa shape index (κ3) is 4.18. The van der Waals surface area contributed by atoms with Gasteiger partial charge in [0.05, 0.1) is 37.8 Å². The second-order valence-electron chi connectivity index (χ2n) is 9.72. The number of nitrogen functional groups attached to an aromatic ring is 1. The summed E-state index contributed by atoms with van der Waals surface area (Å²) in [6.45, 7) is -0.775. The highest BCUT2D eigenvalue weighted by Gasteiger charge is 2.66. The number of hydrogen-bond donors (Lipinski definition) is 6. The predicted molar refractivity (Wildman–Crippen MR) is 130 cm³/mol. The van der Waals surface area contributed by atoms with E-state index in [1.54, 1.807) is 0 Å². The molecule has 4 aromatic heterocycles. The maximum Gasteiger partial charge on any atom is 0.472 e. The van der Waals surface area contributed by atoms with Gasteiger partial charge in [-0.25, -0.2) is 23.9 Å². The lowest BCUT2D eigenvalue weighted by Gasteiger charge is -2.26. The van der Waals surface area contributed by atoms with E-state index in [-0.39, 0.29) is 28.3 Å². The molecule has 6 heterocycles. The monoisotopic (exact) mass is 597 g/mol. The Kier molecular flexibility index (Phi) is 5.89. The maximum absolute atomic E-state index is 15.0. The van der Waals surface area contributed by atoms with Crippen LogP contribution in [0.5, 0.6) is 0 Å². The smallest absolute Gasteiger partial charge is 0.390 e. The fourth-order valence-corrected chi connectivity index (χ4v) is 6.16. The van der Waals surface area contributed by atoms with E-state index in [2.05, 4.69) is 29.9 Å². The van der Waals surface area contributed by atoms with Gasteiger partial charge in [-0.15, -0.1) is 0 Å². The molecule has 1 aliphatic carbocycles. The third-order valence-corrected chi connectivity index (χ3v) is 8.23. The van der Waals surface area contributed by atoms with Crippen molar-refractivity contribution in [2.24, 2.45) is 5.92 Å². The average Bonchev–Trinajstić information content (AvgIpc) is 3.40. The van der Waals surface area contributed by atoms with Crippen LogP contribution in [0.4, 0.5) is 10.3 Å². The topological polar surface area (TPSA) is 268 Å². The minimum atomic E-state index is -4.95. The first-order chi connectivity index (χ1) is 19.5. The summed E-state index contributed by atoms with van der Waals surface area (Å²) in [6, 6.07) is 0. The van der Waals surface area contributed by atoms with Crippen molar-refractivity contribution in [3.63, 3.8) is 0 Å². The minimum Gasteiger partial charge on any atom is -0.390 e. The van der Waals surface area contributed by atoms with Gasteiger partial charge < -0.3 is 35.3 Å². The van der Waals surface area contributed by atoms with Crippen molar-refractivity contribution >= 4 is 36.1 Å². The minimum absolute atomic E-state index is 0.00131. The Hall–Kier alpha value is -3.62. The zero-order chi connectivity index (χ0) is 28.8. The molecule has 1 saturated carbocycles. The molecule has 2 aliphatic heterocycles. The summed E-state index contributed by atoms with van der Waals surface area (Å²) in [5.74, 6) is -0.925. The number of imidazole rings is 2. The number of aromatic amines is 2. The van der Waals surface area contributed by atoms with Crippen molar-refractivity contribution in [1.82, 2.24) is 39.0 Å². The summed E-state index contributed by atoms with van der Waals surface area (Å²) in [5, 5.41) is 20.6. The maximum atomic E-state index is 15.0. The van der Waals surface area contributed by atoms with Crippen LogP contribution in [-0.4, -0.2) is 97.4 Å². The van der Waals surface area contributed by atoms with Gasteiger partial charge in [-0.1, -0.05) is 0 Å². The molecule has 0 radical (unpaired) electrons. The van der Waals surface area contributed by atoms with E-state index in [0.29, 0.717) is 0 Å². The summed E-state index contributed by atoms with van der Waals surface area (Å²) >= 11 is 0. The number of halogens is 1. The molecule has 218 valence electrons. The Bertz CT molecular complexity index is 1830. The number of rotatable bonds is 7. The fraction of sp³-hybridized carbons (Fsp3) is 0.500. The van der Waals surface area contributed by atoms with Gasteiger partial charge in [-0.3, -0.25) is 32.8 Å². The number of aliphatic hydroxyl groups excluding tert-OH is 2. The second kappa shape index (κ2) is 9.19. The number of phosphoric acid groups is 1. The van der Waals surface area contributed by atoms with E-state index >= 15 is 4.39 Å². The molecular formula is C20H21FN9O10P. The Morgan fingerprint density at radius 2 is 1.76 bits per heavy atom. The van der Waals surface area contributed by atoms with Crippen LogP contribution in [0.25, 0.3) is 22.3 Å². The molecule has 0 spiro atoms. The summed E-state index contributed by atoms with van der Waals surface area (Å²) in [4.78, 5) is 55.1. The largest absolute Gasteiger partial charge is 0.472 e. The molecule has 4 aromatic rings. The quantitative estimate of drug-likeness (QED) is 0.124. The normalized spacial score (nSPS) is 34.3. The third-order valence-electron chi connectivity index (χ3n) is 7.24. The van der Waals surface area contributed by atoms with Crippen LogP contribution in [0, 0.1) is 5.92 Å². The zero-order valence-corrected chi connectivity index (χ0v) is 21.3. The molecule has 0 aromatic carbocycles. The van der Waals surface area contributed by atoms with Gasteiger partial charge >= 0.3 is 7.82 Å². The Morgan fingerprint density at radius 3 is 2.51 bits per heavy atom. The lowest BCUT2D eigenvalue weighted by atomic mass is 10.1. The highest BCUT2D eigenvalue weighted by atomic mass is 31.2. The van der Waals surface area contributed by atoms with Gasteiger partial charge in [0.15, 0.2) is 41.0 Å². The first-order valence-corrected chi connectivity index (χ1v) is 13.6. The number of nitrogens with one attached hydrogen (secondary N) is 2. The SMILES string of the molecule is Nc1nc2c(ncn2[C@@H]2O[C@@H]3C(O)C3C2OP(=O)(O)OC[C@H]2O[C@@H](n3cnc4c(=O)[nH]cnc43)[C@@H](F)[C@@H]2O)c(=O)[nH]1. The number of alkyl halides is 1. The van der Waals surface area contributed by atoms with E-state index in [0.717, 1.165) is 17.2 Å². The van der Waals surface area contributed by atoms with Crippen LogP contribution in [0.2, 0.25) is 0 Å². The number of nitrogens with zero attached hydrogens (tertiary/aromatic N) is 6. The highest BCUT2D eigenvalue weighted by molar-refractivity contribution is 7.47. The molecule has 41 heavy (non-hydrogen) atoms. The number of hydrogen-bond acceptors (Lipinski definition) is 14. The van der Waals surface area contributed by atoms with Gasteiger partial charge in [-0.05, 0) is 0 Å². The number of fused-ring (bicyclic) bond motifs is 3. The molecule has 7 N–H and O–H groups in total. The summed E-state index contributed by atoms with van der Waals surface area (Å²) < 4.78 is 52.1. The molecule has 7 rings (SSSR count). The molecule has 21 heteroatoms. The number of ether oxygens (including phenoxy) is 2. The average molecular weight is 597 g/mol. The molecule has 0 bridgehead atoms. The van der Waals surface area contributed by atoms with Crippen LogP contribution in [-0.2, 0) is 23.1 Å². The number of phosphoric ester groups is 1. The molecule has 3 fully saturated rings. The molecule has 19 nitrogen and oxygen atoms in total. The predicted octanol–water partition coefficient (Wildman–Crippen LogP) is -2.18. The number of H-pyrrole nitrogens is 2. The van der Waals surface area contributed by atoms with Gasteiger partial charge in [-0.2, -0.15) is 4.98 Å². The van der Waals surface area contributed by atoms with Crippen LogP contribution in [0.1, 0.15) is 12.5 Å². The van der Waals surface area contributed by atoms with Gasteiger partial charge in [0, 0.05) is 5.92 Å². The van der Waals surface area contributed by atoms with Gasteiger partial charge in [0.2, 0.25) is 5.95 Å². The molecular weight excluding hydrogens is 576 g/mol. The summed E-state index contributed by atoms with van der Waals surface area (Å²) in [6.07, 6.45) is -7.43. The van der Waals surface area contributed by atoms with Gasteiger partial charge in [0.25, 0.3) is 11.1 Å². The van der Waals surface area contributed by atoms with Crippen molar-refractivity contribution in [2.75, 3.05) is 12.3 Å². The fourth-order valence-electron chi connectivity index (χ4n) is 5.21. The van der Waals surface area contributed by atoms with Gasteiger partial charge in [0.1, 0.15) is 18.3 Å². The van der Waals surface area contributed by atoms with Crippen molar-refractivity contribution in [1.29, 1.82) is 0 Å². The van der Waals surface area contributed by atoms with Crippen molar-refractivity contribution in [3.05, 3.63) is 39.7 Å². The Morgan fingerprint density at radius 1 is 1.05 bits per heavy atom. The van der Waals surface area contributed by atoms with Crippen LogP contribution in [0.3, 0.4) is 0 Å². The van der Waals surface area contributed by atoms with E-state index in [1.165, 1.54) is 10.9 Å². The Labute approximate surface area is 225 Å². The standard InChI is InChI=1S/C20H21FN9O10P/c21-7-10(31)5(38-18(7)29-3-25-8-14(29)23-2-24-16(8)33)1-37-41(35,36)40-13-6-11(32)12(6)39-19(13)30-4-26-9-15(30)27-20(22)28-17(9)34/h2-7,10-13,18-19,31-32H,1H2,(H,35,36)(H,23,24,33)(H3,22,27,28,34)/t5-,6?,7+,10-,11?,12+,13?,18-,19-/m1/s1. The van der Waals surface area contributed by atoms with E-state index in [1.807, 2.05) is 0 Å². The first kappa shape index (κ1) is 26.3. The van der Waals surface area contributed by atoms with Crippen molar-refractivity contribution in [2.45, 2.75) is 49.1 Å². The van der Waals surface area contributed by atoms with Crippen molar-refractivity contribution in [3.8, 4) is 0 Å². The summed E-state index contributed by atoms with van der Waals surface area (Å²) in [5.41, 5.74) is 4.32. The van der Waals surface area contributed by atoms with Crippen molar-refractivity contribution < 1.29 is 42.6 Å². The first-order valence-electron chi connectivity index (χ1n) is 12.1. The van der Waals surface area contributed by atoms with Crippen LogP contribution in [0.15, 0.2) is 28.6 Å². The molecule has 3 aliphatic rings. The lowest BCUT2D eigenvalue weighted by Crippen LogP contribution is -2.32. The van der Waals surface area contributed by atoms with E-state index in [4.69, 9.17) is 24.3 Å². The molecule has 10 atom stereocenters. The number of nitrogens with two attached hydrogens (primary N) is 1. The van der Waals surface area contributed by atoms with E-state index in [9.17, 15) is 29.3 Å². The highest BCUT2D eigenvalue weighted by Crippen LogP contribution is 2.58. The van der Waals surface area contributed by atoms with E-state index < -0.39 is 80.6 Å². The number of aliphatic hydroxyl groups is 2. The molecule has 0 amide bonds. The van der Waals surface area contributed by atoms with Crippen LogP contribution >= 0.6 is 7.82 Å². The van der Waals surface area contributed by atoms with Crippen LogP contribution < -0.4 is 16.9 Å². The zero-order valence-electron chi connectivity index (χ0n) is 20.4. The Balaban J connectivity index is 1.07.